The molecule has 0 spiro atoms. The van der Waals surface area contributed by atoms with Gasteiger partial charge < -0.3 is 15.3 Å². The Morgan fingerprint density at radius 3 is 2.57 bits per heavy atom. The molecule has 5 heteroatoms. The number of aliphatic hydroxyl groups is 1. The fourth-order valence-corrected chi connectivity index (χ4v) is 2.57. The summed E-state index contributed by atoms with van der Waals surface area (Å²) < 4.78 is 0. The normalized spacial score (nSPS) is 22.0. The van der Waals surface area contributed by atoms with Crippen molar-refractivity contribution in [3.63, 3.8) is 0 Å². The minimum absolute atomic E-state index is 0.0546. The molecule has 0 radical (unpaired) electrons. The number of hydrogen-bond donors (Lipinski definition) is 2. The molecular weight excluding hydrogens is 268 g/mol. The van der Waals surface area contributed by atoms with Crippen molar-refractivity contribution >= 4 is 11.8 Å². The Bertz CT molecular complexity index is 523. The average Bonchev–Trinajstić information content (AvgIpc) is 2.44. The Hall–Kier alpha value is -1.88. The molecule has 114 valence electrons. The minimum Gasteiger partial charge on any atom is -0.388 e. The Balaban J connectivity index is 2.01. The first kappa shape index (κ1) is 15.5. The van der Waals surface area contributed by atoms with Gasteiger partial charge in [-0.05, 0) is 37.5 Å². The molecule has 1 heterocycles. The lowest BCUT2D eigenvalue weighted by Crippen LogP contribution is -2.48. The van der Waals surface area contributed by atoms with E-state index in [4.69, 9.17) is 0 Å². The number of β-amino-alcohol motifs (C(OH)–C–C–N with tert-alkyl or cyclic N) is 1. The van der Waals surface area contributed by atoms with Crippen molar-refractivity contribution in [3.8, 4) is 0 Å². The summed E-state index contributed by atoms with van der Waals surface area (Å²) in [6.45, 7) is 4.76. The van der Waals surface area contributed by atoms with Crippen LogP contribution in [0.5, 0.6) is 0 Å². The Morgan fingerprint density at radius 1 is 1.33 bits per heavy atom. The van der Waals surface area contributed by atoms with Crippen LogP contribution in [0, 0.1) is 0 Å². The molecule has 2 amide bonds. The molecule has 1 unspecified atom stereocenters. The highest BCUT2D eigenvalue weighted by Gasteiger charge is 2.31. The molecule has 1 atom stereocenters. The topological polar surface area (TPSA) is 69.6 Å². The van der Waals surface area contributed by atoms with Gasteiger partial charge in [0.1, 0.15) is 0 Å². The minimum atomic E-state index is -0.792. The second-order valence-corrected chi connectivity index (χ2v) is 5.93. The predicted molar refractivity (Wildman–Crippen MR) is 79.7 cm³/mol. The maximum Gasteiger partial charge on any atom is 0.253 e. The number of carbonyl (C=O) groups excluding carboxylic acids is 2. The Kier molecular flexibility index (Phi) is 4.63. The van der Waals surface area contributed by atoms with Crippen molar-refractivity contribution in [2.24, 2.45) is 0 Å². The van der Waals surface area contributed by atoms with Crippen molar-refractivity contribution in [2.75, 3.05) is 13.1 Å². The summed E-state index contributed by atoms with van der Waals surface area (Å²) in [5, 5.41) is 12.8. The van der Waals surface area contributed by atoms with E-state index < -0.39 is 5.60 Å². The van der Waals surface area contributed by atoms with Crippen LogP contribution < -0.4 is 5.32 Å². The third kappa shape index (κ3) is 4.29. The van der Waals surface area contributed by atoms with Crippen molar-refractivity contribution in [3.05, 3.63) is 35.4 Å². The van der Waals surface area contributed by atoms with Gasteiger partial charge in [0.25, 0.3) is 5.91 Å². The zero-order valence-corrected chi connectivity index (χ0v) is 12.6. The molecule has 0 bridgehead atoms. The standard InChI is InChI=1S/C16H22N2O3/c1-12(19)17-10-13-4-6-14(7-5-13)15(20)18-9-3-8-16(2,21)11-18/h4-7,21H,3,8-11H2,1-2H3,(H,17,19). The molecule has 1 fully saturated rings. The van der Waals surface area contributed by atoms with E-state index in [1.54, 1.807) is 24.0 Å². The molecular formula is C16H22N2O3. The van der Waals surface area contributed by atoms with Crippen molar-refractivity contribution in [1.29, 1.82) is 0 Å². The lowest BCUT2D eigenvalue weighted by Gasteiger charge is -2.36. The summed E-state index contributed by atoms with van der Waals surface area (Å²) in [5.41, 5.74) is 0.769. The summed E-state index contributed by atoms with van der Waals surface area (Å²) in [4.78, 5) is 25.0. The van der Waals surface area contributed by atoms with E-state index in [0.717, 1.165) is 18.4 Å². The van der Waals surface area contributed by atoms with Crippen LogP contribution in [-0.2, 0) is 11.3 Å². The highest BCUT2D eigenvalue weighted by Crippen LogP contribution is 2.21. The van der Waals surface area contributed by atoms with E-state index >= 15 is 0 Å². The van der Waals surface area contributed by atoms with Crippen molar-refractivity contribution in [2.45, 2.75) is 38.8 Å². The third-order valence-electron chi connectivity index (χ3n) is 3.70. The van der Waals surface area contributed by atoms with Gasteiger partial charge in [0.2, 0.25) is 5.91 Å². The molecule has 0 saturated carbocycles. The number of piperidine rings is 1. The van der Waals surface area contributed by atoms with Crippen LogP contribution in [0.25, 0.3) is 0 Å². The molecule has 1 aromatic carbocycles. The number of likely N-dealkylation sites (tertiary alicyclic amines) is 1. The van der Waals surface area contributed by atoms with Crippen molar-refractivity contribution < 1.29 is 14.7 Å². The van der Waals surface area contributed by atoms with Crippen LogP contribution in [0.15, 0.2) is 24.3 Å². The summed E-state index contributed by atoms with van der Waals surface area (Å²) >= 11 is 0. The second kappa shape index (κ2) is 6.26. The first-order valence-electron chi connectivity index (χ1n) is 7.22. The molecule has 1 aliphatic heterocycles. The fraction of sp³-hybridized carbons (Fsp3) is 0.500. The highest BCUT2D eigenvalue weighted by molar-refractivity contribution is 5.94. The van der Waals surface area contributed by atoms with Crippen LogP contribution >= 0.6 is 0 Å². The number of carbonyl (C=O) groups is 2. The van der Waals surface area contributed by atoms with Gasteiger partial charge >= 0.3 is 0 Å². The van der Waals surface area contributed by atoms with Crippen LogP contribution in [0.1, 0.15) is 42.6 Å². The smallest absolute Gasteiger partial charge is 0.253 e. The number of hydrogen-bond acceptors (Lipinski definition) is 3. The predicted octanol–water partition coefficient (Wildman–Crippen LogP) is 1.31. The molecule has 2 N–H and O–H groups in total. The fourth-order valence-electron chi connectivity index (χ4n) is 2.57. The summed E-state index contributed by atoms with van der Waals surface area (Å²) in [6, 6.07) is 7.21. The van der Waals surface area contributed by atoms with Gasteiger partial charge in [-0.1, -0.05) is 12.1 Å². The van der Waals surface area contributed by atoms with Crippen LogP contribution in [0.4, 0.5) is 0 Å². The molecule has 0 aromatic heterocycles. The maximum absolute atomic E-state index is 12.4. The quantitative estimate of drug-likeness (QED) is 0.882. The number of nitrogens with zero attached hydrogens (tertiary/aromatic N) is 1. The van der Waals surface area contributed by atoms with E-state index in [0.29, 0.717) is 25.2 Å². The van der Waals surface area contributed by atoms with Crippen LogP contribution in [0.3, 0.4) is 0 Å². The number of amides is 2. The molecule has 1 aromatic rings. The maximum atomic E-state index is 12.4. The van der Waals surface area contributed by atoms with Gasteiger partial charge in [-0.2, -0.15) is 0 Å². The number of nitrogens with one attached hydrogen (secondary N) is 1. The molecule has 1 saturated heterocycles. The zero-order chi connectivity index (χ0) is 15.5. The van der Waals surface area contributed by atoms with Gasteiger partial charge in [-0.25, -0.2) is 0 Å². The van der Waals surface area contributed by atoms with Crippen LogP contribution in [-0.4, -0.2) is 40.5 Å². The van der Waals surface area contributed by atoms with Crippen molar-refractivity contribution in [1.82, 2.24) is 10.2 Å². The monoisotopic (exact) mass is 290 g/mol. The van der Waals surface area contributed by atoms with E-state index in [1.165, 1.54) is 6.92 Å². The summed E-state index contributed by atoms with van der Waals surface area (Å²) in [6.07, 6.45) is 1.55. The van der Waals surface area contributed by atoms with E-state index in [-0.39, 0.29) is 11.8 Å². The first-order chi connectivity index (χ1) is 9.87. The first-order valence-corrected chi connectivity index (χ1v) is 7.22. The van der Waals surface area contributed by atoms with Gasteiger partial charge in [0.05, 0.1) is 5.60 Å². The molecule has 21 heavy (non-hydrogen) atoms. The van der Waals surface area contributed by atoms with E-state index in [1.807, 2.05) is 12.1 Å². The second-order valence-electron chi connectivity index (χ2n) is 5.93. The van der Waals surface area contributed by atoms with Crippen LogP contribution in [0.2, 0.25) is 0 Å². The zero-order valence-electron chi connectivity index (χ0n) is 12.6. The van der Waals surface area contributed by atoms with Gasteiger partial charge in [0, 0.05) is 32.1 Å². The lowest BCUT2D eigenvalue weighted by molar-refractivity contribution is -0.119. The largest absolute Gasteiger partial charge is 0.388 e. The Labute approximate surface area is 125 Å². The highest BCUT2D eigenvalue weighted by atomic mass is 16.3. The average molecular weight is 290 g/mol. The lowest BCUT2D eigenvalue weighted by atomic mass is 9.94. The van der Waals surface area contributed by atoms with E-state index in [9.17, 15) is 14.7 Å². The molecule has 0 aliphatic carbocycles. The number of rotatable bonds is 3. The summed E-state index contributed by atoms with van der Waals surface area (Å²) in [7, 11) is 0. The Morgan fingerprint density at radius 2 is 2.00 bits per heavy atom. The van der Waals surface area contributed by atoms with E-state index in [2.05, 4.69) is 5.32 Å². The third-order valence-corrected chi connectivity index (χ3v) is 3.70. The molecule has 2 rings (SSSR count). The van der Waals surface area contributed by atoms with Gasteiger partial charge in [0.15, 0.2) is 0 Å². The SMILES string of the molecule is CC(=O)NCc1ccc(C(=O)N2CCCC(C)(O)C2)cc1. The molecule has 5 nitrogen and oxygen atoms in total. The molecule has 1 aliphatic rings. The van der Waals surface area contributed by atoms with Gasteiger partial charge in [-0.15, -0.1) is 0 Å². The number of benzene rings is 1. The van der Waals surface area contributed by atoms with Gasteiger partial charge in [-0.3, -0.25) is 9.59 Å². The summed E-state index contributed by atoms with van der Waals surface area (Å²) in [5.74, 6) is -0.133.